The minimum atomic E-state index is -0.986. The Morgan fingerprint density at radius 1 is 1.09 bits per heavy atom. The number of rotatable bonds is 6. The smallest absolute Gasteiger partial charge is 0.328 e. The van der Waals surface area contributed by atoms with Crippen LogP contribution in [-0.4, -0.2) is 53.1 Å². The van der Waals surface area contributed by atoms with Gasteiger partial charge in [-0.2, -0.15) is 0 Å². The van der Waals surface area contributed by atoms with E-state index in [2.05, 4.69) is 41.6 Å². The van der Waals surface area contributed by atoms with Crippen LogP contribution in [0.5, 0.6) is 0 Å². The zero-order valence-electron chi connectivity index (χ0n) is 17.4. The molecule has 164 valence electrons. The number of nitrogens with one attached hydrogen (secondary N) is 3. The lowest BCUT2D eigenvalue weighted by molar-refractivity contribution is -0.144. The van der Waals surface area contributed by atoms with Crippen LogP contribution in [-0.2, 0) is 19.1 Å². The molecule has 1 aromatic carbocycles. The maximum absolute atomic E-state index is 12.5. The predicted molar refractivity (Wildman–Crippen MR) is 114 cm³/mol. The number of nitrogens with zero attached hydrogens (tertiary/aromatic N) is 1. The van der Waals surface area contributed by atoms with E-state index < -0.39 is 23.9 Å². The van der Waals surface area contributed by atoms with Crippen LogP contribution in [0.2, 0.25) is 0 Å². The fourth-order valence-electron chi connectivity index (χ4n) is 2.91. The van der Waals surface area contributed by atoms with Gasteiger partial charge in [0.2, 0.25) is 0 Å². The van der Waals surface area contributed by atoms with E-state index in [0.717, 1.165) is 0 Å². The number of hydrogen-bond acceptors (Lipinski definition) is 7. The molecule has 10 nitrogen and oxygen atoms in total. The molecule has 0 aliphatic carbocycles. The Hall–Kier alpha value is -4.39. The lowest BCUT2D eigenvalue weighted by Gasteiger charge is -2.16. The Kier molecular flexibility index (Phi) is 7.02. The molecule has 0 aliphatic heterocycles. The molecule has 1 atom stereocenters. The zero-order chi connectivity index (χ0) is 23.1. The molecule has 0 spiro atoms. The van der Waals surface area contributed by atoms with Crippen LogP contribution in [0.3, 0.4) is 0 Å². The van der Waals surface area contributed by atoms with Crippen LogP contribution in [0.25, 0.3) is 11.0 Å². The number of esters is 2. The van der Waals surface area contributed by atoms with Crippen LogP contribution in [0.15, 0.2) is 41.6 Å². The van der Waals surface area contributed by atoms with Crippen molar-refractivity contribution in [2.24, 2.45) is 0 Å². The van der Waals surface area contributed by atoms with E-state index in [1.54, 1.807) is 30.5 Å². The van der Waals surface area contributed by atoms with Crippen LogP contribution < -0.4 is 10.9 Å². The number of methoxy groups -OCH3 is 2. The van der Waals surface area contributed by atoms with Crippen LogP contribution in [0.1, 0.15) is 34.3 Å². The van der Waals surface area contributed by atoms with Crippen molar-refractivity contribution in [3.63, 3.8) is 0 Å². The molecule has 0 saturated carbocycles. The highest BCUT2D eigenvalue weighted by molar-refractivity contribution is 5.97. The number of H-pyrrole nitrogens is 2. The molecule has 2 aromatic heterocycles. The molecule has 0 fully saturated rings. The van der Waals surface area contributed by atoms with E-state index in [4.69, 9.17) is 0 Å². The third-order valence-corrected chi connectivity index (χ3v) is 4.62. The highest BCUT2D eigenvalue weighted by Gasteiger charge is 2.23. The fraction of sp³-hybridized carbons (Fsp3) is 0.227. The molecule has 10 heteroatoms. The van der Waals surface area contributed by atoms with Gasteiger partial charge in [0.1, 0.15) is 11.7 Å². The van der Waals surface area contributed by atoms with E-state index in [9.17, 15) is 19.2 Å². The second kappa shape index (κ2) is 10.1. The van der Waals surface area contributed by atoms with Gasteiger partial charge in [-0.3, -0.25) is 14.4 Å². The topological polar surface area (TPSA) is 143 Å². The van der Waals surface area contributed by atoms with Gasteiger partial charge in [0.25, 0.3) is 11.5 Å². The number of benzene rings is 1. The standard InChI is InChI=1S/C22H20N4O6/c1-31-17(27)10-9-16(22(30)32-2)26-20(28)14-6-3-13(4-7-14)5-8-15-11-23-19-18(15)21(29)25-12-24-19/h3-4,6-7,11-12,16H,9-10H2,1-2H3,(H,26,28)(H2,23,24,25,29)/t16-/m0/s1. The number of carbonyl (C=O) groups is 3. The minimum Gasteiger partial charge on any atom is -0.469 e. The van der Waals surface area contributed by atoms with Gasteiger partial charge in [-0.15, -0.1) is 0 Å². The Labute approximate surface area is 182 Å². The van der Waals surface area contributed by atoms with Crippen LogP contribution in [0.4, 0.5) is 0 Å². The Bertz CT molecular complexity index is 1260. The first-order valence-electron chi connectivity index (χ1n) is 9.55. The highest BCUT2D eigenvalue weighted by Crippen LogP contribution is 2.11. The number of amides is 1. The van der Waals surface area contributed by atoms with Gasteiger partial charge in [0, 0.05) is 23.7 Å². The van der Waals surface area contributed by atoms with Crippen LogP contribution in [0, 0.1) is 11.8 Å². The normalized spacial score (nSPS) is 11.2. The molecule has 0 aliphatic rings. The molecular formula is C22H20N4O6. The van der Waals surface area contributed by atoms with Gasteiger partial charge < -0.3 is 24.8 Å². The van der Waals surface area contributed by atoms with Crippen molar-refractivity contribution < 1.29 is 23.9 Å². The van der Waals surface area contributed by atoms with Gasteiger partial charge in [0.05, 0.1) is 31.5 Å². The molecular weight excluding hydrogens is 416 g/mol. The summed E-state index contributed by atoms with van der Waals surface area (Å²) in [6, 6.07) is 5.40. The quantitative estimate of drug-likeness (QED) is 0.384. The summed E-state index contributed by atoms with van der Waals surface area (Å²) in [6.45, 7) is 0. The summed E-state index contributed by atoms with van der Waals surface area (Å²) in [7, 11) is 2.44. The second-order valence-corrected chi connectivity index (χ2v) is 6.65. The van der Waals surface area contributed by atoms with Gasteiger partial charge in [0.15, 0.2) is 0 Å². The molecule has 0 radical (unpaired) electrons. The van der Waals surface area contributed by atoms with E-state index in [1.807, 2.05) is 0 Å². The number of hydrogen-bond donors (Lipinski definition) is 3. The summed E-state index contributed by atoms with van der Waals surface area (Å²) >= 11 is 0. The summed E-state index contributed by atoms with van der Waals surface area (Å²) in [5, 5.41) is 2.93. The summed E-state index contributed by atoms with van der Waals surface area (Å²) in [6.07, 6.45) is 2.91. The molecule has 0 bridgehead atoms. The molecule has 2 heterocycles. The summed E-state index contributed by atoms with van der Waals surface area (Å²) in [5.74, 6) is 4.19. The van der Waals surface area contributed by atoms with Crippen molar-refractivity contribution in [1.82, 2.24) is 20.3 Å². The van der Waals surface area contributed by atoms with Crippen molar-refractivity contribution in [2.45, 2.75) is 18.9 Å². The van der Waals surface area contributed by atoms with Gasteiger partial charge >= 0.3 is 11.9 Å². The first-order chi connectivity index (χ1) is 15.4. The van der Waals surface area contributed by atoms with Gasteiger partial charge in [-0.05, 0) is 30.7 Å². The predicted octanol–water partition coefficient (Wildman–Crippen LogP) is 0.876. The highest BCUT2D eigenvalue weighted by atomic mass is 16.5. The minimum absolute atomic E-state index is 0.0444. The Balaban J connectivity index is 1.71. The van der Waals surface area contributed by atoms with Crippen molar-refractivity contribution in [3.05, 3.63) is 63.8 Å². The second-order valence-electron chi connectivity index (χ2n) is 6.65. The van der Waals surface area contributed by atoms with E-state index in [-0.39, 0.29) is 18.4 Å². The Morgan fingerprint density at radius 3 is 2.53 bits per heavy atom. The van der Waals surface area contributed by atoms with Crippen molar-refractivity contribution in [2.75, 3.05) is 14.2 Å². The van der Waals surface area contributed by atoms with Gasteiger partial charge in [-0.1, -0.05) is 11.8 Å². The van der Waals surface area contributed by atoms with Gasteiger partial charge in [-0.25, -0.2) is 9.78 Å². The number of aromatic nitrogens is 3. The number of fused-ring (bicyclic) bond motifs is 1. The summed E-state index contributed by atoms with van der Waals surface area (Å²) in [5.41, 5.74) is 1.57. The largest absolute Gasteiger partial charge is 0.469 e. The lowest BCUT2D eigenvalue weighted by Crippen LogP contribution is -2.41. The maximum Gasteiger partial charge on any atom is 0.328 e. The number of aromatic amines is 2. The third kappa shape index (κ3) is 5.20. The average Bonchev–Trinajstić information content (AvgIpc) is 3.24. The van der Waals surface area contributed by atoms with Crippen LogP contribution >= 0.6 is 0 Å². The third-order valence-electron chi connectivity index (χ3n) is 4.62. The monoisotopic (exact) mass is 436 g/mol. The molecule has 0 unspecified atom stereocenters. The van der Waals surface area contributed by atoms with Crippen molar-refractivity contribution in [1.29, 1.82) is 0 Å². The average molecular weight is 436 g/mol. The fourth-order valence-corrected chi connectivity index (χ4v) is 2.91. The molecule has 32 heavy (non-hydrogen) atoms. The van der Waals surface area contributed by atoms with E-state index >= 15 is 0 Å². The lowest BCUT2D eigenvalue weighted by atomic mass is 10.1. The summed E-state index contributed by atoms with van der Waals surface area (Å²) < 4.78 is 9.24. The SMILES string of the molecule is COC(=O)CC[C@H](NC(=O)c1ccc(C#Cc2c[nH]c3nc[nH]c(=O)c23)cc1)C(=O)OC. The molecule has 3 rings (SSSR count). The van der Waals surface area contributed by atoms with E-state index in [1.165, 1.54) is 20.5 Å². The zero-order valence-corrected chi connectivity index (χ0v) is 17.4. The first kappa shape index (κ1) is 22.3. The molecule has 3 aromatic rings. The Morgan fingerprint density at radius 2 is 1.84 bits per heavy atom. The van der Waals surface area contributed by atoms with E-state index in [0.29, 0.717) is 27.7 Å². The number of ether oxygens (including phenoxy) is 2. The molecule has 1 amide bonds. The first-order valence-corrected chi connectivity index (χ1v) is 9.55. The number of carbonyl (C=O) groups excluding carboxylic acids is 3. The molecule has 3 N–H and O–H groups in total. The van der Waals surface area contributed by atoms with Crippen molar-refractivity contribution in [3.8, 4) is 11.8 Å². The summed E-state index contributed by atoms with van der Waals surface area (Å²) in [4.78, 5) is 57.1. The maximum atomic E-state index is 12.5. The van der Waals surface area contributed by atoms with Crippen molar-refractivity contribution >= 4 is 28.9 Å². The molecule has 0 saturated heterocycles.